The first kappa shape index (κ1) is 8.80. The van der Waals surface area contributed by atoms with Crippen LogP contribution in [0.2, 0.25) is 0 Å². The van der Waals surface area contributed by atoms with E-state index in [1.54, 1.807) is 6.07 Å². The van der Waals surface area contributed by atoms with Gasteiger partial charge in [-0.3, -0.25) is 4.79 Å². The van der Waals surface area contributed by atoms with Crippen LogP contribution in [0, 0.1) is 0 Å². The Morgan fingerprint density at radius 2 is 2.21 bits per heavy atom. The van der Waals surface area contributed by atoms with Crippen LogP contribution in [0.3, 0.4) is 0 Å². The molecule has 0 unspecified atom stereocenters. The van der Waals surface area contributed by atoms with Crippen molar-refractivity contribution in [2.75, 3.05) is 0 Å². The van der Waals surface area contributed by atoms with Crippen LogP contribution in [0.25, 0.3) is 11.0 Å². The maximum Gasteiger partial charge on any atom is 0.282 e. The van der Waals surface area contributed by atoms with Gasteiger partial charge in [0.15, 0.2) is 5.65 Å². The van der Waals surface area contributed by atoms with E-state index in [2.05, 4.69) is 15.2 Å². The molecule has 0 aliphatic heterocycles. The molecule has 5 nitrogen and oxygen atoms in total. The lowest BCUT2D eigenvalue weighted by Crippen LogP contribution is -2.15. The summed E-state index contributed by atoms with van der Waals surface area (Å²) in [6, 6.07) is 1.85. The van der Waals surface area contributed by atoms with Gasteiger partial charge in [0.1, 0.15) is 6.33 Å². The van der Waals surface area contributed by atoms with Crippen LogP contribution in [-0.4, -0.2) is 19.7 Å². The maximum absolute atomic E-state index is 11.4. The molecule has 0 atom stereocenters. The van der Waals surface area contributed by atoms with Crippen molar-refractivity contribution in [3.8, 4) is 0 Å². The zero-order valence-corrected chi connectivity index (χ0v) is 8.01. The third kappa shape index (κ3) is 1.26. The van der Waals surface area contributed by atoms with E-state index in [0.717, 1.165) is 0 Å². The SMILES string of the molecule is CC(C)n1cnc(=O)c2ccnnc21. The van der Waals surface area contributed by atoms with Gasteiger partial charge in [-0.05, 0) is 19.9 Å². The van der Waals surface area contributed by atoms with Crippen LogP contribution in [0.15, 0.2) is 23.4 Å². The molecule has 5 heteroatoms. The first-order valence-corrected chi connectivity index (χ1v) is 4.38. The molecule has 0 radical (unpaired) electrons. The zero-order valence-electron chi connectivity index (χ0n) is 8.01. The molecule has 0 aliphatic rings. The summed E-state index contributed by atoms with van der Waals surface area (Å²) in [6.45, 7) is 4.00. The molecule has 0 aliphatic carbocycles. The van der Waals surface area contributed by atoms with Crippen molar-refractivity contribution in [3.63, 3.8) is 0 Å². The lowest BCUT2D eigenvalue weighted by molar-refractivity contribution is 0.598. The minimum absolute atomic E-state index is 0.210. The number of hydrogen-bond donors (Lipinski definition) is 0. The Bertz CT molecular complexity index is 517. The number of fused-ring (bicyclic) bond motifs is 1. The Morgan fingerprint density at radius 3 is 2.93 bits per heavy atom. The van der Waals surface area contributed by atoms with Gasteiger partial charge in [-0.25, -0.2) is 0 Å². The smallest absolute Gasteiger partial charge is 0.282 e. The summed E-state index contributed by atoms with van der Waals surface area (Å²) < 4.78 is 1.82. The van der Waals surface area contributed by atoms with E-state index in [0.29, 0.717) is 11.0 Å². The molecule has 0 N–H and O–H groups in total. The predicted molar refractivity (Wildman–Crippen MR) is 52.0 cm³/mol. The third-order valence-electron chi connectivity index (χ3n) is 2.03. The van der Waals surface area contributed by atoms with Gasteiger partial charge in [0.2, 0.25) is 0 Å². The predicted octanol–water partition coefficient (Wildman–Crippen LogP) is 0.767. The quantitative estimate of drug-likeness (QED) is 0.666. The van der Waals surface area contributed by atoms with E-state index < -0.39 is 0 Å². The molecule has 2 rings (SSSR count). The normalized spacial score (nSPS) is 11.1. The Balaban J connectivity index is 2.89. The zero-order chi connectivity index (χ0) is 10.1. The average molecular weight is 190 g/mol. The Labute approximate surface area is 80.4 Å². The summed E-state index contributed by atoms with van der Waals surface area (Å²) in [7, 11) is 0. The van der Waals surface area contributed by atoms with Crippen molar-refractivity contribution in [1.82, 2.24) is 19.7 Å². The molecule has 0 aromatic carbocycles. The van der Waals surface area contributed by atoms with E-state index in [1.165, 1.54) is 12.5 Å². The second kappa shape index (κ2) is 3.17. The van der Waals surface area contributed by atoms with Crippen LogP contribution in [-0.2, 0) is 0 Å². The Hall–Kier alpha value is -1.78. The van der Waals surface area contributed by atoms with Crippen molar-refractivity contribution >= 4 is 11.0 Å². The van der Waals surface area contributed by atoms with Gasteiger partial charge in [-0.1, -0.05) is 0 Å². The summed E-state index contributed by atoms with van der Waals surface area (Å²) in [6.07, 6.45) is 3.00. The van der Waals surface area contributed by atoms with Gasteiger partial charge in [0.05, 0.1) is 11.6 Å². The summed E-state index contributed by atoms with van der Waals surface area (Å²) in [5, 5.41) is 8.21. The first-order valence-electron chi connectivity index (χ1n) is 4.38. The molecule has 0 bridgehead atoms. The summed E-state index contributed by atoms with van der Waals surface area (Å²) >= 11 is 0. The largest absolute Gasteiger partial charge is 0.312 e. The minimum atomic E-state index is -0.258. The van der Waals surface area contributed by atoms with Crippen LogP contribution < -0.4 is 5.56 Å². The van der Waals surface area contributed by atoms with Crippen molar-refractivity contribution in [1.29, 1.82) is 0 Å². The highest BCUT2D eigenvalue weighted by molar-refractivity contribution is 5.72. The molecule has 0 amide bonds. The van der Waals surface area contributed by atoms with Crippen LogP contribution in [0.5, 0.6) is 0 Å². The van der Waals surface area contributed by atoms with Gasteiger partial charge in [-0.2, -0.15) is 10.1 Å². The van der Waals surface area contributed by atoms with Gasteiger partial charge < -0.3 is 4.57 Å². The van der Waals surface area contributed by atoms with Crippen molar-refractivity contribution < 1.29 is 0 Å². The second-order valence-electron chi connectivity index (χ2n) is 3.32. The van der Waals surface area contributed by atoms with Gasteiger partial charge in [0, 0.05) is 6.04 Å². The van der Waals surface area contributed by atoms with E-state index in [1.807, 2.05) is 18.4 Å². The highest BCUT2D eigenvalue weighted by Crippen LogP contribution is 2.09. The Morgan fingerprint density at radius 1 is 1.43 bits per heavy atom. The number of rotatable bonds is 1. The molecular formula is C9H10N4O. The lowest BCUT2D eigenvalue weighted by Gasteiger charge is -2.10. The molecule has 72 valence electrons. The van der Waals surface area contributed by atoms with Crippen LogP contribution in [0.1, 0.15) is 19.9 Å². The van der Waals surface area contributed by atoms with Gasteiger partial charge in [-0.15, -0.1) is 5.10 Å². The fourth-order valence-electron chi connectivity index (χ4n) is 1.30. The molecule has 2 heterocycles. The molecule has 0 spiro atoms. The number of nitrogens with zero attached hydrogens (tertiary/aromatic N) is 4. The molecule has 2 aromatic rings. The summed E-state index contributed by atoms with van der Waals surface area (Å²) in [5.41, 5.74) is 0.328. The van der Waals surface area contributed by atoms with Crippen molar-refractivity contribution in [2.24, 2.45) is 0 Å². The fourth-order valence-corrected chi connectivity index (χ4v) is 1.30. The molecule has 0 fully saturated rings. The van der Waals surface area contributed by atoms with E-state index in [-0.39, 0.29) is 11.6 Å². The highest BCUT2D eigenvalue weighted by Gasteiger charge is 2.06. The van der Waals surface area contributed by atoms with Crippen LogP contribution in [0.4, 0.5) is 0 Å². The standard InChI is InChI=1S/C9H10N4O/c1-6(2)13-5-10-9(14)7-3-4-11-12-8(7)13/h3-6H,1-2H3. The first-order chi connectivity index (χ1) is 6.70. The third-order valence-corrected chi connectivity index (χ3v) is 2.03. The minimum Gasteiger partial charge on any atom is -0.312 e. The Kier molecular flexibility index (Phi) is 1.99. The molecule has 14 heavy (non-hydrogen) atoms. The molecular weight excluding hydrogens is 180 g/mol. The van der Waals surface area contributed by atoms with Crippen molar-refractivity contribution in [2.45, 2.75) is 19.9 Å². The highest BCUT2D eigenvalue weighted by atomic mass is 16.1. The summed E-state index contributed by atoms with van der Waals surface area (Å²) in [5.74, 6) is 0. The molecule has 0 saturated heterocycles. The second-order valence-corrected chi connectivity index (χ2v) is 3.32. The number of hydrogen-bond acceptors (Lipinski definition) is 4. The topological polar surface area (TPSA) is 60.7 Å². The van der Waals surface area contributed by atoms with Crippen molar-refractivity contribution in [3.05, 3.63) is 28.9 Å². The molecule has 2 aromatic heterocycles. The average Bonchev–Trinajstić information content (AvgIpc) is 2.18. The maximum atomic E-state index is 11.4. The van der Waals surface area contributed by atoms with E-state index in [4.69, 9.17) is 0 Å². The van der Waals surface area contributed by atoms with Crippen LogP contribution >= 0.6 is 0 Å². The van der Waals surface area contributed by atoms with E-state index >= 15 is 0 Å². The van der Waals surface area contributed by atoms with E-state index in [9.17, 15) is 4.79 Å². The van der Waals surface area contributed by atoms with Gasteiger partial charge in [0.25, 0.3) is 5.56 Å². The summed E-state index contributed by atoms with van der Waals surface area (Å²) in [4.78, 5) is 15.1. The number of aromatic nitrogens is 4. The lowest BCUT2D eigenvalue weighted by atomic mass is 10.3. The molecule has 0 saturated carbocycles. The monoisotopic (exact) mass is 190 g/mol. The van der Waals surface area contributed by atoms with Gasteiger partial charge >= 0.3 is 0 Å². The fraction of sp³-hybridized carbons (Fsp3) is 0.333.